The lowest BCUT2D eigenvalue weighted by molar-refractivity contribution is -0.153. The normalized spacial score (nSPS) is 19.6. The molecule has 10 nitrogen and oxygen atoms in total. The van der Waals surface area contributed by atoms with Crippen LogP contribution in [0.2, 0.25) is 0 Å². The number of ether oxygens (including phenoxy) is 2. The van der Waals surface area contributed by atoms with Crippen molar-refractivity contribution in [1.29, 1.82) is 0 Å². The second-order valence-electron chi connectivity index (χ2n) is 15.0. The maximum Gasteiger partial charge on any atom is 0.422 e. The molecule has 274 valence electrons. The molecule has 0 radical (unpaired) electrons. The summed E-state index contributed by atoms with van der Waals surface area (Å²) in [5.74, 6) is 1.33. The van der Waals surface area contributed by atoms with Crippen molar-refractivity contribution >= 4 is 39.6 Å². The molecule has 4 fully saturated rings. The van der Waals surface area contributed by atoms with E-state index in [0.29, 0.717) is 54.1 Å². The number of fused-ring (bicyclic) bond motifs is 2. The van der Waals surface area contributed by atoms with Crippen LogP contribution in [0.25, 0.3) is 39.0 Å². The molecule has 3 saturated heterocycles. The van der Waals surface area contributed by atoms with Crippen molar-refractivity contribution in [3.8, 4) is 22.9 Å². The van der Waals surface area contributed by atoms with Crippen LogP contribution < -0.4 is 14.4 Å². The molecule has 2 aromatic carbocycles. The highest BCUT2D eigenvalue weighted by molar-refractivity contribution is 6.07. The minimum Gasteiger partial charge on any atom is -0.481 e. The SMILES string of the molecule is C=CC(=O)N1CC2(CCN(c3nc(OC4CCN(CC5CC5)CC4)nc4c(OCC(F)(F)F)c(-c5c(C)ccc6[nH]ncc56)c(C=C)cc34)CC2)C1. The highest BCUT2D eigenvalue weighted by atomic mass is 19.4. The Bertz CT molecular complexity index is 2020. The largest absolute Gasteiger partial charge is 0.481 e. The van der Waals surface area contributed by atoms with Gasteiger partial charge in [-0.05, 0) is 86.3 Å². The zero-order valence-electron chi connectivity index (χ0n) is 29.5. The molecule has 2 aromatic heterocycles. The van der Waals surface area contributed by atoms with Crippen LogP contribution in [0.5, 0.6) is 11.8 Å². The maximum absolute atomic E-state index is 14.0. The van der Waals surface area contributed by atoms with Gasteiger partial charge in [0.05, 0.1) is 11.7 Å². The number of rotatable bonds is 10. The van der Waals surface area contributed by atoms with Crippen LogP contribution in [0, 0.1) is 18.3 Å². The number of likely N-dealkylation sites (tertiary alicyclic amines) is 2. The van der Waals surface area contributed by atoms with E-state index in [9.17, 15) is 18.0 Å². The number of carbonyl (C=O) groups is 1. The van der Waals surface area contributed by atoms with Crippen LogP contribution >= 0.6 is 0 Å². The summed E-state index contributed by atoms with van der Waals surface area (Å²) in [6, 6.07) is 5.84. The first-order chi connectivity index (χ1) is 25.0. The van der Waals surface area contributed by atoms with Crippen molar-refractivity contribution < 1.29 is 27.4 Å². The predicted molar refractivity (Wildman–Crippen MR) is 194 cm³/mol. The first-order valence-electron chi connectivity index (χ1n) is 18.2. The number of nitrogens with one attached hydrogen (secondary N) is 1. The number of H-pyrrole nitrogens is 1. The number of nitrogens with zero attached hydrogens (tertiary/aromatic N) is 6. The smallest absolute Gasteiger partial charge is 0.422 e. The van der Waals surface area contributed by atoms with E-state index in [1.807, 2.05) is 30.0 Å². The Morgan fingerprint density at radius 1 is 1.04 bits per heavy atom. The third kappa shape index (κ3) is 6.70. The number of anilines is 1. The fraction of sp³-hybridized carbons (Fsp3) is 0.487. The highest BCUT2D eigenvalue weighted by Gasteiger charge is 2.46. The van der Waals surface area contributed by atoms with Crippen LogP contribution in [0.3, 0.4) is 0 Å². The summed E-state index contributed by atoms with van der Waals surface area (Å²) >= 11 is 0. The summed E-state index contributed by atoms with van der Waals surface area (Å²) in [7, 11) is 0. The molecule has 1 N–H and O–H groups in total. The molecule has 0 atom stereocenters. The molecule has 52 heavy (non-hydrogen) atoms. The number of aromatic nitrogens is 4. The zero-order valence-corrected chi connectivity index (χ0v) is 29.5. The number of carbonyl (C=O) groups excluding carboxylic acids is 1. The van der Waals surface area contributed by atoms with Gasteiger partial charge in [0.2, 0.25) is 5.91 Å². The van der Waals surface area contributed by atoms with E-state index in [4.69, 9.17) is 19.4 Å². The standard InChI is InChI=1S/C39H44F3N7O3/c1-4-26-18-28-34(35(51-23-39(40,41)42)33(26)32-24(3)6-9-30-29(32)19-43-46-30)44-37(52-27-10-14-47(15-11-27)20-25-7-8-25)45-36(28)48-16-12-38(13-17-48)21-49(22-38)31(50)5-2/h4-6,9,18-19,25,27H,1-2,7-8,10-17,20-23H2,3H3,(H,43,46). The third-order valence-corrected chi connectivity index (χ3v) is 11.3. The molecule has 1 saturated carbocycles. The lowest BCUT2D eigenvalue weighted by atomic mass is 9.72. The van der Waals surface area contributed by atoms with E-state index in [0.717, 1.165) is 67.7 Å². The van der Waals surface area contributed by atoms with Crippen LogP contribution in [0.4, 0.5) is 19.0 Å². The highest BCUT2D eigenvalue weighted by Crippen LogP contribution is 2.48. The van der Waals surface area contributed by atoms with E-state index in [-0.39, 0.29) is 34.7 Å². The van der Waals surface area contributed by atoms with Crippen LogP contribution in [-0.4, -0.2) is 101 Å². The second-order valence-corrected chi connectivity index (χ2v) is 15.0. The molecule has 4 aromatic rings. The molecular weight excluding hydrogens is 671 g/mol. The lowest BCUT2D eigenvalue weighted by Gasteiger charge is -2.54. The van der Waals surface area contributed by atoms with Crippen molar-refractivity contribution in [3.63, 3.8) is 0 Å². The summed E-state index contributed by atoms with van der Waals surface area (Å²) in [5.41, 5.74) is 3.59. The van der Waals surface area contributed by atoms with Gasteiger partial charge < -0.3 is 24.2 Å². The number of hydrogen-bond donors (Lipinski definition) is 1. The minimum absolute atomic E-state index is 0.000305. The summed E-state index contributed by atoms with van der Waals surface area (Å²) in [6.45, 7) is 13.7. The van der Waals surface area contributed by atoms with Gasteiger partial charge in [-0.2, -0.15) is 28.2 Å². The van der Waals surface area contributed by atoms with Crippen molar-refractivity contribution in [1.82, 2.24) is 30.0 Å². The van der Waals surface area contributed by atoms with Crippen molar-refractivity contribution in [2.75, 3.05) is 57.3 Å². The van der Waals surface area contributed by atoms with Gasteiger partial charge >= 0.3 is 12.2 Å². The van der Waals surface area contributed by atoms with Gasteiger partial charge in [-0.1, -0.05) is 25.3 Å². The molecule has 3 aliphatic heterocycles. The quantitative estimate of drug-likeness (QED) is 0.177. The average Bonchev–Trinajstić information content (AvgIpc) is 3.81. The molecule has 1 spiro atoms. The maximum atomic E-state index is 14.0. The summed E-state index contributed by atoms with van der Waals surface area (Å²) in [5, 5.41) is 8.52. The summed E-state index contributed by atoms with van der Waals surface area (Å²) < 4.78 is 54.3. The zero-order chi connectivity index (χ0) is 36.2. The van der Waals surface area contributed by atoms with E-state index in [2.05, 4.69) is 33.2 Å². The van der Waals surface area contributed by atoms with Gasteiger partial charge in [0.1, 0.15) is 17.4 Å². The Hall–Kier alpha value is -4.65. The van der Waals surface area contributed by atoms with Gasteiger partial charge in [-0.3, -0.25) is 9.89 Å². The lowest BCUT2D eigenvalue weighted by Crippen LogP contribution is -2.61. The molecule has 5 heterocycles. The van der Waals surface area contributed by atoms with E-state index in [1.54, 1.807) is 12.3 Å². The molecule has 4 aliphatic rings. The average molecular weight is 716 g/mol. The third-order valence-electron chi connectivity index (χ3n) is 11.3. The molecule has 0 bridgehead atoms. The van der Waals surface area contributed by atoms with E-state index < -0.39 is 12.8 Å². The first kappa shape index (κ1) is 34.4. The number of hydrogen-bond acceptors (Lipinski definition) is 8. The van der Waals surface area contributed by atoms with Crippen LogP contribution in [0.1, 0.15) is 49.7 Å². The van der Waals surface area contributed by atoms with Gasteiger partial charge in [0.15, 0.2) is 12.4 Å². The summed E-state index contributed by atoms with van der Waals surface area (Å²) in [4.78, 5) is 28.6. The van der Waals surface area contributed by atoms with Crippen molar-refractivity contribution in [2.45, 2.75) is 57.7 Å². The van der Waals surface area contributed by atoms with E-state index in [1.165, 1.54) is 18.9 Å². The van der Waals surface area contributed by atoms with Gasteiger partial charge in [0, 0.05) is 67.6 Å². The number of amides is 1. The number of benzene rings is 2. The van der Waals surface area contributed by atoms with Gasteiger partial charge in [-0.25, -0.2) is 0 Å². The number of aromatic amines is 1. The fourth-order valence-electron chi connectivity index (χ4n) is 8.27. The molecule has 1 amide bonds. The number of alkyl halides is 3. The first-order valence-corrected chi connectivity index (χ1v) is 18.2. The Balaban J connectivity index is 1.23. The van der Waals surface area contributed by atoms with Gasteiger partial charge in [-0.15, -0.1) is 0 Å². The molecular formula is C39H44F3N7O3. The monoisotopic (exact) mass is 715 g/mol. The number of piperidine rings is 2. The van der Waals surface area contributed by atoms with Crippen molar-refractivity contribution in [3.05, 3.63) is 54.8 Å². The fourth-order valence-corrected chi connectivity index (χ4v) is 8.27. The Morgan fingerprint density at radius 3 is 2.46 bits per heavy atom. The number of aryl methyl sites for hydroxylation is 1. The predicted octanol–water partition coefficient (Wildman–Crippen LogP) is 6.93. The molecule has 8 rings (SSSR count). The minimum atomic E-state index is -4.60. The molecule has 0 unspecified atom stereocenters. The topological polar surface area (TPSA) is 99.7 Å². The Morgan fingerprint density at radius 2 is 1.79 bits per heavy atom. The Labute approximate surface area is 300 Å². The van der Waals surface area contributed by atoms with Crippen LogP contribution in [0.15, 0.2) is 43.6 Å². The Kier molecular flexibility index (Phi) is 8.87. The van der Waals surface area contributed by atoms with Crippen molar-refractivity contribution in [2.24, 2.45) is 11.3 Å². The number of halogens is 3. The van der Waals surface area contributed by atoms with Gasteiger partial charge in [0.25, 0.3) is 0 Å². The molecule has 1 aliphatic carbocycles. The van der Waals surface area contributed by atoms with E-state index >= 15 is 0 Å². The molecule has 13 heteroatoms. The second kappa shape index (κ2) is 13.4. The summed E-state index contributed by atoms with van der Waals surface area (Å²) in [6.07, 6.45) is 5.85. The van der Waals surface area contributed by atoms with Crippen LogP contribution in [-0.2, 0) is 4.79 Å².